The fraction of sp³-hybridized carbons (Fsp3) is 0.167. The average molecular weight is 371 g/mol. The number of nitrogens with one attached hydrogen (secondary N) is 2. The Kier molecular flexibility index (Phi) is 5.41. The molecular formula is C18H17N3O6. The second-order valence-electron chi connectivity index (χ2n) is 5.48. The van der Waals surface area contributed by atoms with Crippen LogP contribution in [0.5, 0.6) is 23.0 Å². The molecule has 1 heterocycles. The summed E-state index contributed by atoms with van der Waals surface area (Å²) >= 11 is 0. The van der Waals surface area contributed by atoms with Gasteiger partial charge in [-0.1, -0.05) is 0 Å². The Morgan fingerprint density at radius 1 is 1.22 bits per heavy atom. The molecule has 2 aromatic carbocycles. The van der Waals surface area contributed by atoms with Gasteiger partial charge in [0.05, 0.1) is 19.9 Å². The first-order valence-corrected chi connectivity index (χ1v) is 7.93. The van der Waals surface area contributed by atoms with Gasteiger partial charge in [-0.05, 0) is 42.0 Å². The molecule has 3 rings (SSSR count). The summed E-state index contributed by atoms with van der Waals surface area (Å²) in [5.74, 6) is 0.443. The molecule has 0 atom stereocenters. The minimum Gasteiger partial charge on any atom is -0.504 e. The van der Waals surface area contributed by atoms with Crippen LogP contribution in [-0.4, -0.2) is 43.6 Å². The number of hydrazone groups is 1. The summed E-state index contributed by atoms with van der Waals surface area (Å²) in [6, 6.07) is 9.38. The third-order valence-corrected chi connectivity index (χ3v) is 3.65. The fourth-order valence-corrected chi connectivity index (χ4v) is 2.29. The topological polar surface area (TPSA) is 118 Å². The molecule has 1 aliphatic heterocycles. The van der Waals surface area contributed by atoms with E-state index in [-0.39, 0.29) is 19.1 Å². The molecule has 2 amide bonds. The summed E-state index contributed by atoms with van der Waals surface area (Å²) in [4.78, 5) is 23.9. The van der Waals surface area contributed by atoms with Gasteiger partial charge in [-0.25, -0.2) is 5.43 Å². The second kappa shape index (κ2) is 8.09. The van der Waals surface area contributed by atoms with E-state index in [0.29, 0.717) is 28.4 Å². The molecule has 3 N–H and O–H groups in total. The van der Waals surface area contributed by atoms with Crippen molar-refractivity contribution >= 4 is 18.0 Å². The van der Waals surface area contributed by atoms with Gasteiger partial charge in [-0.2, -0.15) is 5.10 Å². The van der Waals surface area contributed by atoms with Crippen molar-refractivity contribution in [3.63, 3.8) is 0 Å². The highest BCUT2D eigenvalue weighted by molar-refractivity contribution is 5.97. The van der Waals surface area contributed by atoms with Crippen molar-refractivity contribution < 1.29 is 28.9 Å². The zero-order valence-electron chi connectivity index (χ0n) is 14.4. The molecule has 2 aromatic rings. The number of fused-ring (bicyclic) bond motifs is 1. The van der Waals surface area contributed by atoms with Crippen LogP contribution in [0.1, 0.15) is 15.9 Å². The highest BCUT2D eigenvalue weighted by Crippen LogP contribution is 2.32. The molecular weight excluding hydrogens is 354 g/mol. The van der Waals surface area contributed by atoms with Crippen molar-refractivity contribution in [1.82, 2.24) is 10.7 Å². The largest absolute Gasteiger partial charge is 0.504 e. The summed E-state index contributed by atoms with van der Waals surface area (Å²) in [7, 11) is 1.43. The summed E-state index contributed by atoms with van der Waals surface area (Å²) in [6.45, 7) is -0.128. The summed E-state index contributed by atoms with van der Waals surface area (Å²) in [6.07, 6.45) is 1.39. The third kappa shape index (κ3) is 4.46. The average Bonchev–Trinajstić information content (AvgIpc) is 3.15. The number of nitrogens with zero attached hydrogens (tertiary/aromatic N) is 1. The van der Waals surface area contributed by atoms with Gasteiger partial charge < -0.3 is 24.6 Å². The fourth-order valence-electron chi connectivity index (χ4n) is 2.29. The number of amides is 2. The number of rotatable bonds is 6. The van der Waals surface area contributed by atoms with Crippen LogP contribution in [0.2, 0.25) is 0 Å². The third-order valence-electron chi connectivity index (χ3n) is 3.65. The lowest BCUT2D eigenvalue weighted by molar-refractivity contribution is -0.120. The highest BCUT2D eigenvalue weighted by atomic mass is 16.7. The van der Waals surface area contributed by atoms with Gasteiger partial charge in [0.2, 0.25) is 6.79 Å². The molecule has 27 heavy (non-hydrogen) atoms. The Balaban J connectivity index is 1.49. The first kappa shape index (κ1) is 18.1. The predicted octanol–water partition coefficient (Wildman–Crippen LogP) is 1.01. The van der Waals surface area contributed by atoms with Crippen LogP contribution in [0.15, 0.2) is 41.5 Å². The van der Waals surface area contributed by atoms with Gasteiger partial charge in [0.25, 0.3) is 11.8 Å². The molecule has 0 saturated carbocycles. The number of phenols is 1. The van der Waals surface area contributed by atoms with Crippen LogP contribution < -0.4 is 25.0 Å². The lowest BCUT2D eigenvalue weighted by Gasteiger charge is -2.05. The van der Waals surface area contributed by atoms with Crippen molar-refractivity contribution in [3.05, 3.63) is 47.5 Å². The van der Waals surface area contributed by atoms with Crippen LogP contribution >= 0.6 is 0 Å². The van der Waals surface area contributed by atoms with Crippen molar-refractivity contribution in [1.29, 1.82) is 0 Å². The van der Waals surface area contributed by atoms with Crippen molar-refractivity contribution in [2.45, 2.75) is 0 Å². The zero-order chi connectivity index (χ0) is 19.2. The Hall–Kier alpha value is -3.75. The minimum atomic E-state index is -0.494. The number of hydrogen-bond donors (Lipinski definition) is 3. The molecule has 9 heteroatoms. The zero-order valence-corrected chi connectivity index (χ0v) is 14.4. The maximum absolute atomic E-state index is 12.1. The second-order valence-corrected chi connectivity index (χ2v) is 5.48. The van der Waals surface area contributed by atoms with Gasteiger partial charge in [0.15, 0.2) is 23.0 Å². The van der Waals surface area contributed by atoms with Gasteiger partial charge in [-0.3, -0.25) is 9.59 Å². The smallest absolute Gasteiger partial charge is 0.259 e. The Morgan fingerprint density at radius 3 is 2.85 bits per heavy atom. The predicted molar refractivity (Wildman–Crippen MR) is 95.3 cm³/mol. The molecule has 1 aliphatic rings. The molecule has 0 aliphatic carbocycles. The van der Waals surface area contributed by atoms with E-state index in [1.54, 1.807) is 30.3 Å². The first-order valence-electron chi connectivity index (χ1n) is 7.93. The Labute approximate surface area is 154 Å². The molecule has 9 nitrogen and oxygen atoms in total. The van der Waals surface area contributed by atoms with Crippen molar-refractivity contribution in [2.75, 3.05) is 20.4 Å². The lowest BCUT2D eigenvalue weighted by Crippen LogP contribution is -2.34. The van der Waals surface area contributed by atoms with Crippen molar-refractivity contribution in [3.8, 4) is 23.0 Å². The molecule has 0 radical (unpaired) electrons. The first-order chi connectivity index (χ1) is 13.1. The van der Waals surface area contributed by atoms with Crippen LogP contribution in [0.25, 0.3) is 0 Å². The van der Waals surface area contributed by atoms with E-state index in [9.17, 15) is 14.7 Å². The maximum Gasteiger partial charge on any atom is 0.259 e. The molecule has 0 aromatic heterocycles. The van der Waals surface area contributed by atoms with Crippen LogP contribution in [-0.2, 0) is 4.79 Å². The molecule has 140 valence electrons. The van der Waals surface area contributed by atoms with E-state index in [0.717, 1.165) is 0 Å². The number of phenolic OH excluding ortho intramolecular Hbond substituents is 1. The summed E-state index contributed by atoms with van der Waals surface area (Å²) < 4.78 is 15.4. The van der Waals surface area contributed by atoms with E-state index in [2.05, 4.69) is 15.8 Å². The highest BCUT2D eigenvalue weighted by Gasteiger charge is 2.16. The normalized spacial score (nSPS) is 12.0. The summed E-state index contributed by atoms with van der Waals surface area (Å²) in [5.41, 5.74) is 3.27. The number of aromatic hydroxyl groups is 1. The number of carbonyl (C=O) groups is 2. The standard InChI is InChI=1S/C18H17N3O6/c1-25-15-6-11(2-4-13(15)22)8-20-21-17(23)9-19-18(24)12-3-5-14-16(7-12)27-10-26-14/h2-8,22H,9-10H2,1H3,(H,19,24)(H,21,23)/b20-8-. The Bertz CT molecular complexity index is 897. The lowest BCUT2D eigenvalue weighted by atomic mass is 10.2. The number of hydrogen-bond acceptors (Lipinski definition) is 7. The quantitative estimate of drug-likeness (QED) is 0.515. The maximum atomic E-state index is 12.1. The van der Waals surface area contributed by atoms with E-state index in [1.807, 2.05) is 0 Å². The Morgan fingerprint density at radius 2 is 2.04 bits per heavy atom. The number of methoxy groups -OCH3 is 1. The number of ether oxygens (including phenoxy) is 3. The van der Waals surface area contributed by atoms with Gasteiger partial charge in [-0.15, -0.1) is 0 Å². The molecule has 0 unspecified atom stereocenters. The van der Waals surface area contributed by atoms with Crippen LogP contribution in [0.3, 0.4) is 0 Å². The van der Waals surface area contributed by atoms with Crippen LogP contribution in [0.4, 0.5) is 0 Å². The van der Waals surface area contributed by atoms with E-state index in [1.165, 1.54) is 19.4 Å². The van der Waals surface area contributed by atoms with E-state index < -0.39 is 11.8 Å². The summed E-state index contributed by atoms with van der Waals surface area (Å²) in [5, 5.41) is 15.8. The molecule has 0 spiro atoms. The van der Waals surface area contributed by atoms with E-state index >= 15 is 0 Å². The molecule has 0 bridgehead atoms. The van der Waals surface area contributed by atoms with Gasteiger partial charge in [0, 0.05) is 5.56 Å². The number of carbonyl (C=O) groups excluding carboxylic acids is 2. The van der Waals surface area contributed by atoms with Crippen LogP contribution in [0, 0.1) is 0 Å². The van der Waals surface area contributed by atoms with E-state index in [4.69, 9.17) is 14.2 Å². The molecule has 0 saturated heterocycles. The SMILES string of the molecule is COc1cc(/C=N\NC(=O)CNC(=O)c2ccc3c(c2)OCO3)ccc1O. The molecule has 0 fully saturated rings. The monoisotopic (exact) mass is 371 g/mol. The number of benzene rings is 2. The van der Waals surface area contributed by atoms with Crippen molar-refractivity contribution in [2.24, 2.45) is 5.10 Å². The minimum absolute atomic E-state index is 0.00455. The van der Waals surface area contributed by atoms with Gasteiger partial charge in [0.1, 0.15) is 0 Å². The van der Waals surface area contributed by atoms with Gasteiger partial charge >= 0.3 is 0 Å².